The smallest absolute Gasteiger partial charge is 0.404 e. The lowest BCUT2D eigenvalue weighted by molar-refractivity contribution is -0.139. The highest BCUT2D eigenvalue weighted by Crippen LogP contribution is 2.41. The number of carboxylic acid groups (broad SMARTS) is 1. The monoisotopic (exact) mass is 572 g/mol. The molecule has 0 saturated heterocycles. The van der Waals surface area contributed by atoms with Crippen molar-refractivity contribution in [3.8, 4) is 0 Å². The van der Waals surface area contributed by atoms with E-state index >= 15 is 0 Å². The van der Waals surface area contributed by atoms with Crippen molar-refractivity contribution in [2.24, 2.45) is 0 Å². The summed E-state index contributed by atoms with van der Waals surface area (Å²) in [5.74, 6) is -2.46. The average Bonchev–Trinajstić information content (AvgIpc) is 2.68. The van der Waals surface area contributed by atoms with Gasteiger partial charge in [0.1, 0.15) is 0 Å². The molecule has 0 spiro atoms. The summed E-state index contributed by atoms with van der Waals surface area (Å²) in [7, 11) is 0. The van der Waals surface area contributed by atoms with Gasteiger partial charge in [-0.2, -0.15) is 13.2 Å². The first kappa shape index (κ1) is 26.3. The van der Waals surface area contributed by atoms with Crippen LogP contribution >= 0.6 is 50.7 Å². The fourth-order valence-corrected chi connectivity index (χ4v) is 3.82. The maximum atomic E-state index is 13.6. The standard InChI is InChI=1S/C20H15BrCl3F3N2O3/c21-14-7-10(1-3-12(14)18(30)28-5-6-29-19(31)32)2-4-13(20(25,26)27)11-8-15(22)17(24)16(23)9-11/h1-4,7-9,13,29H,5-6H2,(H,28,30)(H,31,32)/b4-2+. The number of amides is 2. The molecule has 0 fully saturated rings. The topological polar surface area (TPSA) is 78.4 Å². The summed E-state index contributed by atoms with van der Waals surface area (Å²) in [4.78, 5) is 22.6. The molecule has 0 radical (unpaired) electrons. The summed E-state index contributed by atoms with van der Waals surface area (Å²) in [5.41, 5.74) is 0.473. The quantitative estimate of drug-likeness (QED) is 0.252. The summed E-state index contributed by atoms with van der Waals surface area (Å²) in [5, 5.41) is 12.9. The van der Waals surface area contributed by atoms with Crippen LogP contribution in [0.15, 0.2) is 40.9 Å². The summed E-state index contributed by atoms with van der Waals surface area (Å²) in [6, 6.07) is 6.61. The number of alkyl halides is 3. The number of benzene rings is 2. The van der Waals surface area contributed by atoms with Crippen LogP contribution in [-0.2, 0) is 0 Å². The molecule has 0 aliphatic heterocycles. The molecule has 0 saturated carbocycles. The molecule has 0 aliphatic rings. The first-order valence-electron chi connectivity index (χ1n) is 8.84. The zero-order chi connectivity index (χ0) is 24.1. The normalized spacial score (nSPS) is 12.6. The number of carbonyl (C=O) groups excluding carboxylic acids is 1. The van der Waals surface area contributed by atoms with Gasteiger partial charge in [0.15, 0.2) is 0 Å². The van der Waals surface area contributed by atoms with Crippen LogP contribution in [0.25, 0.3) is 6.08 Å². The molecule has 0 bridgehead atoms. The van der Waals surface area contributed by atoms with Gasteiger partial charge in [0, 0.05) is 17.6 Å². The van der Waals surface area contributed by atoms with Gasteiger partial charge < -0.3 is 15.7 Å². The second kappa shape index (κ2) is 11.3. The Labute approximate surface area is 204 Å². The largest absolute Gasteiger partial charge is 0.465 e. The van der Waals surface area contributed by atoms with E-state index in [9.17, 15) is 22.8 Å². The van der Waals surface area contributed by atoms with Gasteiger partial charge in [0.05, 0.1) is 26.5 Å². The second-order valence-corrected chi connectivity index (χ2v) is 8.45. The fraction of sp³-hybridized carbons (Fsp3) is 0.200. The summed E-state index contributed by atoms with van der Waals surface area (Å²) in [6.07, 6.45) is -3.61. The van der Waals surface area contributed by atoms with E-state index in [0.29, 0.717) is 10.0 Å². The minimum atomic E-state index is -4.61. The van der Waals surface area contributed by atoms with E-state index < -0.39 is 24.1 Å². The van der Waals surface area contributed by atoms with Crippen molar-refractivity contribution < 1.29 is 27.9 Å². The van der Waals surface area contributed by atoms with Crippen LogP contribution in [0, 0.1) is 0 Å². The molecule has 2 aromatic carbocycles. The van der Waals surface area contributed by atoms with Crippen molar-refractivity contribution in [1.82, 2.24) is 10.6 Å². The van der Waals surface area contributed by atoms with Crippen molar-refractivity contribution in [1.29, 1.82) is 0 Å². The van der Waals surface area contributed by atoms with E-state index in [1.165, 1.54) is 24.3 Å². The van der Waals surface area contributed by atoms with Crippen LogP contribution in [-0.4, -0.2) is 36.4 Å². The van der Waals surface area contributed by atoms with Gasteiger partial charge >= 0.3 is 12.3 Å². The number of hydrogen-bond acceptors (Lipinski definition) is 2. The molecule has 2 rings (SSSR count). The number of allylic oxidation sites excluding steroid dienone is 1. The second-order valence-electron chi connectivity index (χ2n) is 6.40. The first-order valence-corrected chi connectivity index (χ1v) is 10.8. The highest BCUT2D eigenvalue weighted by atomic mass is 79.9. The third kappa shape index (κ3) is 7.30. The highest BCUT2D eigenvalue weighted by molar-refractivity contribution is 9.10. The summed E-state index contributed by atoms with van der Waals surface area (Å²) in [6.45, 7) is 0.0930. The van der Waals surface area contributed by atoms with E-state index in [2.05, 4.69) is 26.6 Å². The van der Waals surface area contributed by atoms with Gasteiger partial charge in [-0.25, -0.2) is 4.79 Å². The van der Waals surface area contributed by atoms with Crippen LogP contribution in [0.3, 0.4) is 0 Å². The Morgan fingerprint density at radius 3 is 2.19 bits per heavy atom. The third-order valence-electron chi connectivity index (χ3n) is 4.12. The zero-order valence-corrected chi connectivity index (χ0v) is 19.8. The predicted octanol–water partition coefficient (Wildman–Crippen LogP) is 6.77. The minimum absolute atomic E-state index is 0.0249. The van der Waals surface area contributed by atoms with Gasteiger partial charge in [0.2, 0.25) is 0 Å². The molecular formula is C20H15BrCl3F3N2O3. The Morgan fingerprint density at radius 1 is 1.06 bits per heavy atom. The Kier molecular flexibility index (Phi) is 9.27. The number of nitrogens with one attached hydrogen (secondary N) is 2. The van der Waals surface area contributed by atoms with Gasteiger partial charge in [-0.3, -0.25) is 4.79 Å². The van der Waals surface area contributed by atoms with Crippen molar-refractivity contribution >= 4 is 68.8 Å². The molecule has 0 aromatic heterocycles. The molecule has 1 atom stereocenters. The SMILES string of the molecule is O=C(O)NCCNC(=O)c1ccc(/C=C/C(c2cc(Cl)c(Cl)c(Cl)c2)C(F)(F)F)cc1Br. The van der Waals surface area contributed by atoms with E-state index in [1.807, 2.05) is 0 Å². The van der Waals surface area contributed by atoms with Gasteiger partial charge in [-0.1, -0.05) is 53.0 Å². The van der Waals surface area contributed by atoms with E-state index in [4.69, 9.17) is 39.9 Å². The number of halogens is 7. The van der Waals surface area contributed by atoms with Gasteiger partial charge in [-0.05, 0) is 51.3 Å². The third-order valence-corrected chi connectivity index (χ3v) is 5.98. The van der Waals surface area contributed by atoms with Crippen molar-refractivity contribution in [3.05, 3.63) is 72.6 Å². The lowest BCUT2D eigenvalue weighted by Crippen LogP contribution is -2.34. The number of rotatable bonds is 7. The molecule has 12 heteroatoms. The first-order chi connectivity index (χ1) is 14.9. The van der Waals surface area contributed by atoms with Crippen molar-refractivity contribution in [3.63, 3.8) is 0 Å². The van der Waals surface area contributed by atoms with E-state index in [1.54, 1.807) is 0 Å². The molecule has 0 aliphatic carbocycles. The molecule has 2 amide bonds. The van der Waals surface area contributed by atoms with Crippen LogP contribution in [0.1, 0.15) is 27.4 Å². The summed E-state index contributed by atoms with van der Waals surface area (Å²) >= 11 is 20.8. The Hall–Kier alpha value is -1.94. The Morgan fingerprint density at radius 2 is 1.66 bits per heavy atom. The predicted molar refractivity (Wildman–Crippen MR) is 122 cm³/mol. The summed E-state index contributed by atoms with van der Waals surface area (Å²) < 4.78 is 41.3. The van der Waals surface area contributed by atoms with Crippen LogP contribution in [0.2, 0.25) is 15.1 Å². The minimum Gasteiger partial charge on any atom is -0.465 e. The highest BCUT2D eigenvalue weighted by Gasteiger charge is 2.39. The number of carbonyl (C=O) groups is 2. The molecule has 32 heavy (non-hydrogen) atoms. The van der Waals surface area contributed by atoms with Crippen molar-refractivity contribution in [2.45, 2.75) is 12.1 Å². The maximum absolute atomic E-state index is 13.6. The van der Waals surface area contributed by atoms with Crippen LogP contribution < -0.4 is 10.6 Å². The molecule has 2 aromatic rings. The lowest BCUT2D eigenvalue weighted by atomic mass is 9.97. The van der Waals surface area contributed by atoms with E-state index in [0.717, 1.165) is 18.2 Å². The van der Waals surface area contributed by atoms with E-state index in [-0.39, 0.29) is 39.3 Å². The average molecular weight is 575 g/mol. The Balaban J connectivity index is 2.20. The maximum Gasteiger partial charge on any atom is 0.404 e. The molecule has 1 unspecified atom stereocenters. The molecule has 5 nitrogen and oxygen atoms in total. The Bertz CT molecular complexity index is 1030. The molecule has 0 heterocycles. The van der Waals surface area contributed by atoms with Crippen LogP contribution in [0.5, 0.6) is 0 Å². The molecule has 3 N–H and O–H groups in total. The number of hydrogen-bond donors (Lipinski definition) is 3. The lowest BCUT2D eigenvalue weighted by Gasteiger charge is -2.18. The van der Waals surface area contributed by atoms with Gasteiger partial charge in [0.25, 0.3) is 5.91 Å². The molecule has 172 valence electrons. The van der Waals surface area contributed by atoms with Crippen LogP contribution in [0.4, 0.5) is 18.0 Å². The van der Waals surface area contributed by atoms with Crippen molar-refractivity contribution in [2.75, 3.05) is 13.1 Å². The fourth-order valence-electron chi connectivity index (χ4n) is 2.63. The molecular weight excluding hydrogens is 559 g/mol. The van der Waals surface area contributed by atoms with Gasteiger partial charge in [-0.15, -0.1) is 0 Å². The zero-order valence-electron chi connectivity index (χ0n) is 15.9.